The average Bonchev–Trinajstić information content (AvgIpc) is 1.87. The Hall–Kier alpha value is -1.25. The second kappa shape index (κ2) is 3.72. The highest BCUT2D eigenvalue weighted by Crippen LogP contribution is 1.93. The SMILES string of the molecule is C=COC(=O)C(C)=CO. The minimum absolute atomic E-state index is 0.148. The Morgan fingerprint density at radius 3 is 2.67 bits per heavy atom. The summed E-state index contributed by atoms with van der Waals surface area (Å²) in [5, 5.41) is 8.23. The molecule has 0 heterocycles. The highest BCUT2D eigenvalue weighted by Gasteiger charge is 2.01. The van der Waals surface area contributed by atoms with E-state index in [1.54, 1.807) is 0 Å². The molecule has 0 fully saturated rings. The molecule has 0 spiro atoms. The molecule has 0 aromatic heterocycles. The second-order valence-electron chi connectivity index (χ2n) is 1.38. The van der Waals surface area contributed by atoms with Crippen LogP contribution in [0.25, 0.3) is 0 Å². The molecule has 0 amide bonds. The number of rotatable bonds is 2. The van der Waals surface area contributed by atoms with Gasteiger partial charge in [0.25, 0.3) is 0 Å². The van der Waals surface area contributed by atoms with Gasteiger partial charge in [-0.05, 0) is 6.92 Å². The van der Waals surface area contributed by atoms with E-state index in [0.717, 1.165) is 6.26 Å². The third-order valence-corrected chi connectivity index (χ3v) is 0.706. The lowest BCUT2D eigenvalue weighted by Gasteiger charge is -1.93. The summed E-state index contributed by atoms with van der Waals surface area (Å²) < 4.78 is 4.29. The van der Waals surface area contributed by atoms with Gasteiger partial charge in [0.1, 0.15) is 0 Å². The molecule has 0 aliphatic rings. The summed E-state index contributed by atoms with van der Waals surface area (Å²) in [6.45, 7) is 4.60. The van der Waals surface area contributed by atoms with Crippen molar-refractivity contribution in [1.29, 1.82) is 0 Å². The predicted octanol–water partition coefficient (Wildman–Crippen LogP) is 1.13. The van der Waals surface area contributed by atoms with Gasteiger partial charge in [-0.3, -0.25) is 0 Å². The molecular weight excluding hydrogens is 120 g/mol. The summed E-state index contributed by atoms with van der Waals surface area (Å²) >= 11 is 0. The van der Waals surface area contributed by atoms with Crippen LogP contribution in [-0.4, -0.2) is 11.1 Å². The van der Waals surface area contributed by atoms with Gasteiger partial charge in [-0.25, -0.2) is 4.79 Å². The summed E-state index contributed by atoms with van der Waals surface area (Å²) in [5.74, 6) is -0.590. The number of carbonyl (C=O) groups is 1. The second-order valence-corrected chi connectivity index (χ2v) is 1.38. The molecule has 0 aliphatic heterocycles. The molecule has 0 saturated heterocycles. The Morgan fingerprint density at radius 1 is 1.78 bits per heavy atom. The molecule has 0 rings (SSSR count). The van der Waals surface area contributed by atoms with Gasteiger partial charge in [-0.2, -0.15) is 0 Å². The Balaban J connectivity index is 3.88. The van der Waals surface area contributed by atoms with Crippen LogP contribution in [0.1, 0.15) is 6.92 Å². The molecule has 9 heavy (non-hydrogen) atoms. The fourth-order valence-electron chi connectivity index (χ4n) is 0.221. The smallest absolute Gasteiger partial charge is 0.341 e. The highest BCUT2D eigenvalue weighted by atomic mass is 16.5. The molecular formula is C6H8O3. The zero-order chi connectivity index (χ0) is 7.28. The summed E-state index contributed by atoms with van der Waals surface area (Å²) in [4.78, 5) is 10.5. The van der Waals surface area contributed by atoms with Crippen LogP contribution in [0.5, 0.6) is 0 Å². The van der Waals surface area contributed by atoms with Crippen molar-refractivity contribution in [2.24, 2.45) is 0 Å². The Morgan fingerprint density at radius 2 is 2.33 bits per heavy atom. The average molecular weight is 128 g/mol. The topological polar surface area (TPSA) is 46.5 Å². The van der Waals surface area contributed by atoms with Crippen molar-refractivity contribution in [2.45, 2.75) is 6.92 Å². The van der Waals surface area contributed by atoms with E-state index in [2.05, 4.69) is 11.3 Å². The van der Waals surface area contributed by atoms with Crippen LogP contribution in [0.15, 0.2) is 24.7 Å². The van der Waals surface area contributed by atoms with Crippen LogP contribution in [0.2, 0.25) is 0 Å². The maximum Gasteiger partial charge on any atom is 0.341 e. The van der Waals surface area contributed by atoms with Gasteiger partial charge in [0.05, 0.1) is 18.1 Å². The first-order valence-electron chi connectivity index (χ1n) is 2.35. The van der Waals surface area contributed by atoms with Crippen molar-refractivity contribution in [3.05, 3.63) is 24.7 Å². The first kappa shape index (κ1) is 7.75. The molecule has 0 radical (unpaired) electrons. The van der Waals surface area contributed by atoms with Gasteiger partial charge in [-0.1, -0.05) is 6.58 Å². The van der Waals surface area contributed by atoms with E-state index in [0.29, 0.717) is 6.26 Å². The zero-order valence-electron chi connectivity index (χ0n) is 5.13. The van der Waals surface area contributed by atoms with Gasteiger partial charge in [0, 0.05) is 0 Å². The number of esters is 1. The molecule has 50 valence electrons. The maximum atomic E-state index is 10.5. The van der Waals surface area contributed by atoms with Crippen LogP contribution in [-0.2, 0) is 9.53 Å². The van der Waals surface area contributed by atoms with E-state index in [9.17, 15) is 4.79 Å². The fourth-order valence-corrected chi connectivity index (χ4v) is 0.221. The van der Waals surface area contributed by atoms with Crippen molar-refractivity contribution in [2.75, 3.05) is 0 Å². The molecule has 0 aromatic rings. The molecule has 3 heteroatoms. The minimum atomic E-state index is -0.590. The van der Waals surface area contributed by atoms with Gasteiger partial charge >= 0.3 is 5.97 Å². The molecule has 0 saturated carbocycles. The van der Waals surface area contributed by atoms with E-state index in [4.69, 9.17) is 5.11 Å². The first-order chi connectivity index (χ1) is 4.22. The monoisotopic (exact) mass is 128 g/mol. The quantitative estimate of drug-likeness (QED) is 0.344. The number of carbonyl (C=O) groups excluding carboxylic acids is 1. The Labute approximate surface area is 53.3 Å². The van der Waals surface area contributed by atoms with Crippen LogP contribution < -0.4 is 0 Å². The highest BCUT2D eigenvalue weighted by molar-refractivity contribution is 5.87. The van der Waals surface area contributed by atoms with E-state index < -0.39 is 5.97 Å². The normalized spacial score (nSPS) is 10.6. The molecule has 0 bridgehead atoms. The standard InChI is InChI=1S/C6H8O3/c1-3-9-6(8)5(2)4-7/h3-4,7H,1H2,2H3. The molecule has 1 N–H and O–H groups in total. The van der Waals surface area contributed by atoms with Crippen LogP contribution >= 0.6 is 0 Å². The summed E-state index contributed by atoms with van der Waals surface area (Å²) in [7, 11) is 0. The van der Waals surface area contributed by atoms with Gasteiger partial charge in [-0.15, -0.1) is 0 Å². The van der Waals surface area contributed by atoms with Crippen molar-refractivity contribution in [3.63, 3.8) is 0 Å². The largest absolute Gasteiger partial charge is 0.515 e. The van der Waals surface area contributed by atoms with E-state index >= 15 is 0 Å². The fraction of sp³-hybridized carbons (Fsp3) is 0.167. The van der Waals surface area contributed by atoms with Gasteiger partial charge in [0.2, 0.25) is 0 Å². The maximum absolute atomic E-state index is 10.5. The third kappa shape index (κ3) is 2.54. The Bertz CT molecular complexity index is 146. The van der Waals surface area contributed by atoms with E-state index in [-0.39, 0.29) is 5.57 Å². The summed E-state index contributed by atoms with van der Waals surface area (Å²) in [6, 6.07) is 0. The molecule has 0 aromatic carbocycles. The molecule has 0 unspecified atom stereocenters. The van der Waals surface area contributed by atoms with E-state index in [1.165, 1.54) is 6.92 Å². The van der Waals surface area contributed by atoms with E-state index in [1.807, 2.05) is 0 Å². The number of aliphatic hydroxyl groups is 1. The summed E-state index contributed by atoms with van der Waals surface area (Å²) in [6.07, 6.45) is 1.70. The number of hydrogen-bond acceptors (Lipinski definition) is 3. The zero-order valence-corrected chi connectivity index (χ0v) is 5.13. The first-order valence-corrected chi connectivity index (χ1v) is 2.35. The number of ether oxygens (including phenoxy) is 1. The molecule has 0 aliphatic carbocycles. The summed E-state index contributed by atoms with van der Waals surface area (Å²) in [5.41, 5.74) is 0.148. The van der Waals surface area contributed by atoms with Crippen LogP contribution in [0, 0.1) is 0 Å². The van der Waals surface area contributed by atoms with Crippen molar-refractivity contribution in [1.82, 2.24) is 0 Å². The molecule has 0 atom stereocenters. The predicted molar refractivity (Wildman–Crippen MR) is 32.7 cm³/mol. The molecule has 3 nitrogen and oxygen atoms in total. The lowest BCUT2D eigenvalue weighted by Crippen LogP contribution is -1.99. The number of aliphatic hydroxyl groups excluding tert-OH is 1. The minimum Gasteiger partial charge on any atom is -0.515 e. The van der Waals surface area contributed by atoms with Crippen molar-refractivity contribution in [3.8, 4) is 0 Å². The van der Waals surface area contributed by atoms with Gasteiger partial charge in [0.15, 0.2) is 0 Å². The van der Waals surface area contributed by atoms with Gasteiger partial charge < -0.3 is 9.84 Å². The van der Waals surface area contributed by atoms with Crippen molar-refractivity contribution >= 4 is 5.97 Å². The van der Waals surface area contributed by atoms with Crippen molar-refractivity contribution < 1.29 is 14.6 Å². The lowest BCUT2D eigenvalue weighted by molar-refractivity contribution is -0.133. The number of hydrogen-bond donors (Lipinski definition) is 1. The Kier molecular flexibility index (Phi) is 3.20. The third-order valence-electron chi connectivity index (χ3n) is 0.706. The van der Waals surface area contributed by atoms with Crippen LogP contribution in [0.3, 0.4) is 0 Å². The lowest BCUT2D eigenvalue weighted by atomic mass is 10.3. The van der Waals surface area contributed by atoms with Crippen LogP contribution in [0.4, 0.5) is 0 Å².